The minimum atomic E-state index is -3.65. The number of carbonyl (C=O) groups excluding carboxylic acids is 2. The van der Waals surface area contributed by atoms with Crippen LogP contribution in [0.1, 0.15) is 17.0 Å². The standard InChI is InChI=1S/C18H15Cl2NO5S/c19-13-5-1-11(2-6-13)9-27(24,25)10-15(12-3-7-14(20)8-4-12)16-17(22)21-26-18(16)23/h1-8,15-16H,9-10H2,(H,21,22). The van der Waals surface area contributed by atoms with E-state index in [0.29, 0.717) is 21.2 Å². The average molecular weight is 428 g/mol. The lowest BCUT2D eigenvalue weighted by Crippen LogP contribution is -2.31. The van der Waals surface area contributed by atoms with E-state index in [4.69, 9.17) is 23.2 Å². The predicted molar refractivity (Wildman–Crippen MR) is 101 cm³/mol. The second kappa shape index (κ2) is 7.88. The van der Waals surface area contributed by atoms with Gasteiger partial charge in [0.25, 0.3) is 5.91 Å². The molecule has 2 aromatic carbocycles. The highest BCUT2D eigenvalue weighted by Gasteiger charge is 2.44. The smallest absolute Gasteiger partial charge is 0.340 e. The van der Waals surface area contributed by atoms with Crippen LogP contribution in [0.15, 0.2) is 48.5 Å². The number of rotatable bonds is 6. The van der Waals surface area contributed by atoms with Gasteiger partial charge in [-0.2, -0.15) is 5.48 Å². The molecule has 1 aliphatic heterocycles. The fourth-order valence-corrected chi connectivity index (χ4v) is 4.95. The van der Waals surface area contributed by atoms with Gasteiger partial charge in [0.15, 0.2) is 9.84 Å². The summed E-state index contributed by atoms with van der Waals surface area (Å²) >= 11 is 11.7. The first-order valence-electron chi connectivity index (χ1n) is 7.96. The van der Waals surface area contributed by atoms with Crippen LogP contribution in [0.3, 0.4) is 0 Å². The molecule has 2 unspecified atom stereocenters. The molecule has 0 aromatic heterocycles. The van der Waals surface area contributed by atoms with Gasteiger partial charge in [-0.1, -0.05) is 47.5 Å². The molecule has 1 aliphatic rings. The van der Waals surface area contributed by atoms with Crippen molar-refractivity contribution < 1.29 is 22.8 Å². The second-order valence-corrected chi connectivity index (χ2v) is 9.19. The first kappa shape index (κ1) is 19.7. The van der Waals surface area contributed by atoms with Gasteiger partial charge in [0, 0.05) is 16.0 Å². The van der Waals surface area contributed by atoms with Gasteiger partial charge in [0.1, 0.15) is 5.92 Å². The van der Waals surface area contributed by atoms with Crippen molar-refractivity contribution in [2.75, 3.05) is 5.75 Å². The number of benzene rings is 2. The van der Waals surface area contributed by atoms with E-state index in [0.717, 1.165) is 0 Å². The summed E-state index contributed by atoms with van der Waals surface area (Å²) in [5.41, 5.74) is 3.07. The van der Waals surface area contributed by atoms with Crippen molar-refractivity contribution in [3.63, 3.8) is 0 Å². The SMILES string of the molecule is O=C1NOC(=O)C1C(CS(=O)(=O)Cc1ccc(Cl)cc1)c1ccc(Cl)cc1. The maximum absolute atomic E-state index is 12.8. The summed E-state index contributed by atoms with van der Waals surface area (Å²) in [6.45, 7) is 0. The molecule has 142 valence electrons. The first-order chi connectivity index (χ1) is 12.7. The van der Waals surface area contributed by atoms with E-state index in [1.54, 1.807) is 48.5 Å². The van der Waals surface area contributed by atoms with Gasteiger partial charge in [-0.05, 0) is 35.4 Å². The highest BCUT2D eigenvalue weighted by Crippen LogP contribution is 2.31. The molecule has 0 spiro atoms. The molecule has 9 heteroatoms. The molecule has 0 radical (unpaired) electrons. The van der Waals surface area contributed by atoms with Crippen LogP contribution < -0.4 is 5.48 Å². The van der Waals surface area contributed by atoms with Gasteiger partial charge >= 0.3 is 5.97 Å². The van der Waals surface area contributed by atoms with E-state index < -0.39 is 39.3 Å². The third-order valence-corrected chi connectivity index (χ3v) is 6.37. The molecule has 27 heavy (non-hydrogen) atoms. The Balaban J connectivity index is 1.90. The van der Waals surface area contributed by atoms with Crippen LogP contribution in [0.25, 0.3) is 0 Å². The maximum Gasteiger partial charge on any atom is 0.345 e. The number of halogens is 2. The van der Waals surface area contributed by atoms with Crippen molar-refractivity contribution in [3.05, 3.63) is 69.7 Å². The molecule has 1 N–H and O–H groups in total. The number of hydrogen-bond acceptors (Lipinski definition) is 5. The molecular formula is C18H15Cl2NO5S. The summed E-state index contributed by atoms with van der Waals surface area (Å²) in [5, 5.41) is 0.959. The van der Waals surface area contributed by atoms with Crippen LogP contribution in [0, 0.1) is 5.92 Å². The van der Waals surface area contributed by atoms with E-state index in [1.807, 2.05) is 5.48 Å². The lowest BCUT2D eigenvalue weighted by molar-refractivity contribution is -0.146. The Kier molecular flexibility index (Phi) is 5.74. The van der Waals surface area contributed by atoms with Crippen LogP contribution in [0.4, 0.5) is 0 Å². The molecule has 1 heterocycles. The minimum Gasteiger partial charge on any atom is -0.340 e. The van der Waals surface area contributed by atoms with E-state index in [2.05, 4.69) is 4.84 Å². The highest BCUT2D eigenvalue weighted by molar-refractivity contribution is 7.90. The number of hydroxylamine groups is 1. The fourth-order valence-electron chi connectivity index (χ4n) is 2.94. The third kappa shape index (κ3) is 4.80. The largest absolute Gasteiger partial charge is 0.345 e. The molecule has 2 aromatic rings. The average Bonchev–Trinajstić information content (AvgIpc) is 2.94. The molecule has 0 bridgehead atoms. The monoisotopic (exact) mass is 427 g/mol. The van der Waals surface area contributed by atoms with Crippen molar-refractivity contribution in [2.45, 2.75) is 11.7 Å². The zero-order valence-corrected chi connectivity index (χ0v) is 16.2. The third-order valence-electron chi connectivity index (χ3n) is 4.22. The van der Waals surface area contributed by atoms with Crippen LogP contribution in [-0.4, -0.2) is 26.0 Å². The Bertz CT molecular complexity index is 942. The van der Waals surface area contributed by atoms with Gasteiger partial charge in [-0.25, -0.2) is 13.2 Å². The minimum absolute atomic E-state index is 0.238. The highest BCUT2D eigenvalue weighted by atomic mass is 35.5. The normalized spacial score (nSPS) is 18.1. The number of sulfone groups is 1. The number of amides is 1. The summed E-state index contributed by atoms with van der Waals surface area (Å²) in [6, 6.07) is 12.8. The second-order valence-electron chi connectivity index (χ2n) is 6.20. The van der Waals surface area contributed by atoms with Crippen molar-refractivity contribution in [2.24, 2.45) is 5.92 Å². The number of hydrogen-bond donors (Lipinski definition) is 1. The lowest BCUT2D eigenvalue weighted by Gasteiger charge is -2.20. The first-order valence-corrected chi connectivity index (χ1v) is 10.5. The quantitative estimate of drug-likeness (QED) is 0.715. The molecule has 1 fully saturated rings. The molecule has 0 aliphatic carbocycles. The van der Waals surface area contributed by atoms with Gasteiger partial charge in [0.05, 0.1) is 11.5 Å². The lowest BCUT2D eigenvalue weighted by atomic mass is 9.87. The van der Waals surface area contributed by atoms with Crippen LogP contribution in [0.2, 0.25) is 10.0 Å². The van der Waals surface area contributed by atoms with Crippen molar-refractivity contribution in [1.29, 1.82) is 0 Å². The molecule has 2 atom stereocenters. The summed E-state index contributed by atoms with van der Waals surface area (Å²) in [7, 11) is -3.65. The van der Waals surface area contributed by atoms with Gasteiger partial charge in [-0.3, -0.25) is 4.79 Å². The number of carbonyl (C=O) groups is 2. The summed E-state index contributed by atoms with van der Waals surface area (Å²) < 4.78 is 25.5. The molecule has 1 amide bonds. The Labute approximate surface area is 166 Å². The molecule has 6 nitrogen and oxygen atoms in total. The topological polar surface area (TPSA) is 89.5 Å². The maximum atomic E-state index is 12.8. The fraction of sp³-hybridized carbons (Fsp3) is 0.222. The van der Waals surface area contributed by atoms with Crippen LogP contribution in [0.5, 0.6) is 0 Å². The molecule has 0 saturated carbocycles. The number of nitrogens with one attached hydrogen (secondary N) is 1. The van der Waals surface area contributed by atoms with Gasteiger partial charge in [-0.15, -0.1) is 0 Å². The van der Waals surface area contributed by atoms with Crippen molar-refractivity contribution in [1.82, 2.24) is 5.48 Å². The Morgan fingerprint density at radius 2 is 1.52 bits per heavy atom. The Morgan fingerprint density at radius 1 is 0.963 bits per heavy atom. The van der Waals surface area contributed by atoms with Crippen molar-refractivity contribution in [3.8, 4) is 0 Å². The van der Waals surface area contributed by atoms with Crippen molar-refractivity contribution >= 4 is 44.9 Å². The predicted octanol–water partition coefficient (Wildman–Crippen LogP) is 2.90. The van der Waals surface area contributed by atoms with Gasteiger partial charge < -0.3 is 4.84 Å². The van der Waals surface area contributed by atoms with Crippen LogP contribution in [-0.2, 0) is 30.0 Å². The summed E-state index contributed by atoms with van der Waals surface area (Å²) in [4.78, 5) is 28.6. The summed E-state index contributed by atoms with van der Waals surface area (Å²) in [6.07, 6.45) is 0. The van der Waals surface area contributed by atoms with E-state index in [9.17, 15) is 18.0 Å². The van der Waals surface area contributed by atoms with E-state index >= 15 is 0 Å². The zero-order chi connectivity index (χ0) is 19.6. The summed E-state index contributed by atoms with van der Waals surface area (Å²) in [5.74, 6) is -4.24. The van der Waals surface area contributed by atoms with Crippen LogP contribution >= 0.6 is 23.2 Å². The van der Waals surface area contributed by atoms with Gasteiger partial charge in [0.2, 0.25) is 0 Å². The zero-order valence-electron chi connectivity index (χ0n) is 13.9. The molecular weight excluding hydrogens is 413 g/mol. The molecule has 1 saturated heterocycles. The Morgan fingerprint density at radius 3 is 2.04 bits per heavy atom. The Hall–Kier alpha value is -2.09. The van der Waals surface area contributed by atoms with E-state index in [1.165, 1.54) is 0 Å². The van der Waals surface area contributed by atoms with E-state index in [-0.39, 0.29) is 5.75 Å². The molecule has 3 rings (SSSR count).